The smallest absolute Gasteiger partial charge is 0.236 e. The molecule has 1 aliphatic heterocycles. The van der Waals surface area contributed by atoms with E-state index in [1.54, 1.807) is 11.3 Å². The average molecular weight is 410 g/mol. The third-order valence-electron chi connectivity index (χ3n) is 5.42. The van der Waals surface area contributed by atoms with Gasteiger partial charge in [0.1, 0.15) is 5.76 Å². The number of benzene rings is 1. The first kappa shape index (κ1) is 19.9. The van der Waals surface area contributed by atoms with Crippen LogP contribution < -0.4 is 0 Å². The number of piperazine rings is 1. The lowest BCUT2D eigenvalue weighted by molar-refractivity contribution is -0.133. The quantitative estimate of drug-likeness (QED) is 0.581. The zero-order valence-corrected chi connectivity index (χ0v) is 17.7. The van der Waals surface area contributed by atoms with Crippen LogP contribution in [0.15, 0.2) is 52.3 Å². The molecule has 0 bridgehead atoms. The summed E-state index contributed by atoms with van der Waals surface area (Å²) < 4.78 is 5.85. The highest BCUT2D eigenvalue weighted by atomic mass is 32.1. The van der Waals surface area contributed by atoms with Crippen LogP contribution >= 0.6 is 11.3 Å². The van der Waals surface area contributed by atoms with E-state index >= 15 is 0 Å². The molecule has 0 saturated carbocycles. The molecule has 1 fully saturated rings. The molecule has 6 heteroatoms. The molecule has 0 aliphatic carbocycles. The van der Waals surface area contributed by atoms with Gasteiger partial charge in [0, 0.05) is 39.1 Å². The van der Waals surface area contributed by atoms with Gasteiger partial charge in [-0.15, -0.1) is 11.3 Å². The zero-order chi connectivity index (χ0) is 20.1. The molecule has 29 heavy (non-hydrogen) atoms. The van der Waals surface area contributed by atoms with E-state index < -0.39 is 0 Å². The van der Waals surface area contributed by atoms with Gasteiger partial charge < -0.3 is 9.32 Å². The second-order valence-electron chi connectivity index (χ2n) is 7.50. The van der Waals surface area contributed by atoms with Crippen LogP contribution in [0.1, 0.15) is 29.9 Å². The molecule has 0 unspecified atom stereocenters. The van der Waals surface area contributed by atoms with E-state index in [2.05, 4.69) is 29.2 Å². The Bertz CT molecular complexity index is 913. The molecule has 152 valence electrons. The Morgan fingerprint density at radius 2 is 1.90 bits per heavy atom. The van der Waals surface area contributed by atoms with Crippen LogP contribution in [0.5, 0.6) is 0 Å². The summed E-state index contributed by atoms with van der Waals surface area (Å²) in [6, 6.07) is 14.4. The number of aryl methyl sites for hydroxylation is 2. The number of nitrogens with zero attached hydrogens (tertiary/aromatic N) is 3. The van der Waals surface area contributed by atoms with Crippen molar-refractivity contribution in [2.24, 2.45) is 0 Å². The molecule has 0 N–H and O–H groups in total. The number of rotatable bonds is 7. The molecule has 1 aliphatic rings. The fourth-order valence-electron chi connectivity index (χ4n) is 3.69. The molecule has 0 spiro atoms. The number of hydrogen-bond acceptors (Lipinski definition) is 5. The van der Waals surface area contributed by atoms with E-state index in [1.807, 2.05) is 35.4 Å². The van der Waals surface area contributed by atoms with E-state index in [0.717, 1.165) is 61.9 Å². The lowest BCUT2D eigenvalue weighted by atomic mass is 10.1. The molecule has 3 heterocycles. The first-order chi connectivity index (χ1) is 14.2. The van der Waals surface area contributed by atoms with Crippen LogP contribution in [0.2, 0.25) is 0 Å². The Hall–Kier alpha value is -2.44. The molecule has 2 aromatic heterocycles. The predicted molar refractivity (Wildman–Crippen MR) is 116 cm³/mol. The molecule has 0 atom stereocenters. The topological polar surface area (TPSA) is 49.6 Å². The highest BCUT2D eigenvalue weighted by molar-refractivity contribution is 7.13. The van der Waals surface area contributed by atoms with Crippen molar-refractivity contribution >= 4 is 17.2 Å². The van der Waals surface area contributed by atoms with Crippen molar-refractivity contribution in [2.45, 2.75) is 32.7 Å². The van der Waals surface area contributed by atoms with Gasteiger partial charge in [-0.3, -0.25) is 9.69 Å². The minimum atomic E-state index is 0.276. The summed E-state index contributed by atoms with van der Waals surface area (Å²) in [5.74, 6) is 1.87. The molecule has 3 aromatic rings. The van der Waals surface area contributed by atoms with Gasteiger partial charge in [-0.1, -0.05) is 36.4 Å². The molecule has 0 radical (unpaired) electrons. The number of amides is 1. The summed E-state index contributed by atoms with van der Waals surface area (Å²) >= 11 is 1.64. The van der Waals surface area contributed by atoms with Gasteiger partial charge in [0.15, 0.2) is 0 Å². The van der Waals surface area contributed by atoms with Crippen LogP contribution in [0.3, 0.4) is 0 Å². The van der Waals surface area contributed by atoms with Gasteiger partial charge in [-0.05, 0) is 36.8 Å². The van der Waals surface area contributed by atoms with Gasteiger partial charge in [0.05, 0.1) is 10.6 Å². The summed E-state index contributed by atoms with van der Waals surface area (Å²) in [4.78, 5) is 22.6. The maximum Gasteiger partial charge on any atom is 0.236 e. The second kappa shape index (κ2) is 9.37. The Balaban J connectivity index is 1.23. The molecule has 5 nitrogen and oxygen atoms in total. The highest BCUT2D eigenvalue weighted by Gasteiger charge is 2.22. The number of carbonyl (C=O) groups is 1. The van der Waals surface area contributed by atoms with Gasteiger partial charge >= 0.3 is 0 Å². The van der Waals surface area contributed by atoms with E-state index in [4.69, 9.17) is 9.40 Å². The number of aromatic nitrogens is 1. The van der Waals surface area contributed by atoms with E-state index in [-0.39, 0.29) is 5.91 Å². The standard InChI is InChI=1S/C23H27N3O2S/c1-18-20(24-23(28-18)21-10-6-16-29-21)17-25-12-14-26(15-13-25)22(27)11-5-9-19-7-3-2-4-8-19/h2-4,6-8,10,16H,5,9,11-15,17H2,1H3. The zero-order valence-electron chi connectivity index (χ0n) is 16.8. The van der Waals surface area contributed by atoms with Gasteiger partial charge in [-0.25, -0.2) is 4.98 Å². The molecule has 1 saturated heterocycles. The van der Waals surface area contributed by atoms with Crippen molar-refractivity contribution in [3.05, 3.63) is 64.9 Å². The Morgan fingerprint density at radius 1 is 1.10 bits per heavy atom. The number of hydrogen-bond donors (Lipinski definition) is 0. The lowest BCUT2D eigenvalue weighted by Gasteiger charge is -2.34. The van der Waals surface area contributed by atoms with Gasteiger partial charge in [0.2, 0.25) is 11.8 Å². The van der Waals surface area contributed by atoms with Crippen molar-refractivity contribution in [2.75, 3.05) is 26.2 Å². The van der Waals surface area contributed by atoms with Crippen LogP contribution in [-0.2, 0) is 17.8 Å². The summed E-state index contributed by atoms with van der Waals surface area (Å²) in [7, 11) is 0. The number of oxazole rings is 1. The molecular formula is C23H27N3O2S. The molecular weight excluding hydrogens is 382 g/mol. The molecule has 1 aromatic carbocycles. The van der Waals surface area contributed by atoms with Crippen molar-refractivity contribution in [1.29, 1.82) is 0 Å². The number of carbonyl (C=O) groups excluding carboxylic acids is 1. The fourth-order valence-corrected chi connectivity index (χ4v) is 4.34. The minimum Gasteiger partial charge on any atom is -0.440 e. The Kier molecular flexibility index (Phi) is 6.42. The maximum absolute atomic E-state index is 12.5. The summed E-state index contributed by atoms with van der Waals surface area (Å²) in [5, 5.41) is 2.03. The Morgan fingerprint density at radius 3 is 2.62 bits per heavy atom. The Labute approximate surface area is 176 Å². The van der Waals surface area contributed by atoms with E-state index in [0.29, 0.717) is 12.3 Å². The monoisotopic (exact) mass is 409 g/mol. The van der Waals surface area contributed by atoms with E-state index in [9.17, 15) is 4.79 Å². The summed E-state index contributed by atoms with van der Waals surface area (Å²) in [6.07, 6.45) is 2.50. The SMILES string of the molecule is Cc1oc(-c2cccs2)nc1CN1CCN(C(=O)CCCc2ccccc2)CC1. The first-order valence-electron chi connectivity index (χ1n) is 10.2. The third-order valence-corrected chi connectivity index (χ3v) is 6.28. The largest absolute Gasteiger partial charge is 0.440 e. The third kappa shape index (κ3) is 5.14. The van der Waals surface area contributed by atoms with Gasteiger partial charge in [-0.2, -0.15) is 0 Å². The highest BCUT2D eigenvalue weighted by Crippen LogP contribution is 2.26. The van der Waals surface area contributed by atoms with E-state index in [1.165, 1.54) is 5.56 Å². The molecule has 1 amide bonds. The van der Waals surface area contributed by atoms with Crippen LogP contribution in [0, 0.1) is 6.92 Å². The number of thiophene rings is 1. The van der Waals surface area contributed by atoms with Crippen molar-refractivity contribution in [3.63, 3.8) is 0 Å². The first-order valence-corrected chi connectivity index (χ1v) is 11.1. The predicted octanol–water partition coefficient (Wildman–Crippen LogP) is 4.38. The van der Waals surface area contributed by atoms with Crippen molar-refractivity contribution < 1.29 is 9.21 Å². The van der Waals surface area contributed by atoms with Crippen molar-refractivity contribution in [1.82, 2.24) is 14.8 Å². The second-order valence-corrected chi connectivity index (χ2v) is 8.44. The lowest BCUT2D eigenvalue weighted by Crippen LogP contribution is -2.48. The van der Waals surface area contributed by atoms with Gasteiger partial charge in [0.25, 0.3) is 0 Å². The average Bonchev–Trinajstić information content (AvgIpc) is 3.40. The van der Waals surface area contributed by atoms with Crippen LogP contribution in [-0.4, -0.2) is 46.9 Å². The van der Waals surface area contributed by atoms with Crippen LogP contribution in [0.4, 0.5) is 0 Å². The maximum atomic E-state index is 12.5. The van der Waals surface area contributed by atoms with Crippen molar-refractivity contribution in [3.8, 4) is 10.8 Å². The minimum absolute atomic E-state index is 0.276. The summed E-state index contributed by atoms with van der Waals surface area (Å²) in [5.41, 5.74) is 2.30. The fraction of sp³-hybridized carbons (Fsp3) is 0.391. The normalized spacial score (nSPS) is 15.0. The molecule has 4 rings (SSSR count). The summed E-state index contributed by atoms with van der Waals surface area (Å²) in [6.45, 7) is 6.09. The van der Waals surface area contributed by atoms with Crippen LogP contribution in [0.25, 0.3) is 10.8 Å².